The lowest BCUT2D eigenvalue weighted by atomic mass is 9.84. The van der Waals surface area contributed by atoms with E-state index >= 15 is 0 Å². The molecule has 0 aliphatic heterocycles. The second-order valence-electron chi connectivity index (χ2n) is 3.39. The van der Waals surface area contributed by atoms with Crippen LogP contribution in [0.5, 0.6) is 0 Å². The van der Waals surface area contributed by atoms with Gasteiger partial charge in [-0.1, -0.05) is 6.08 Å². The highest BCUT2D eigenvalue weighted by Gasteiger charge is 2.28. The molecule has 2 rings (SSSR count). The molecule has 2 aliphatic carbocycles. The van der Waals surface area contributed by atoms with E-state index in [9.17, 15) is 0 Å². The molecule has 1 saturated carbocycles. The largest absolute Gasteiger partial charge is 0.313 e. The van der Waals surface area contributed by atoms with Gasteiger partial charge in [-0.2, -0.15) is 0 Å². The van der Waals surface area contributed by atoms with Crippen molar-refractivity contribution in [1.29, 1.82) is 0 Å². The van der Waals surface area contributed by atoms with Crippen LogP contribution < -0.4 is 11.5 Å². The summed E-state index contributed by atoms with van der Waals surface area (Å²) >= 11 is 0. The third-order valence-electron chi connectivity index (χ3n) is 2.30. The summed E-state index contributed by atoms with van der Waals surface area (Å²) in [6.07, 6.45) is 6.72. The summed E-state index contributed by atoms with van der Waals surface area (Å²) < 4.78 is 0. The van der Waals surface area contributed by atoms with Crippen molar-refractivity contribution in [3.63, 3.8) is 0 Å². The van der Waals surface area contributed by atoms with Crippen LogP contribution in [0, 0.1) is 0 Å². The smallest absolute Gasteiger partial charge is 0.0687 e. The van der Waals surface area contributed by atoms with Crippen LogP contribution in [-0.2, 0) is 0 Å². The number of hydrogen-bond donors (Lipinski definition) is 2. The summed E-state index contributed by atoms with van der Waals surface area (Å²) in [7, 11) is 0. The molecule has 0 aromatic carbocycles. The Balaban J connectivity index is 2.26. The van der Waals surface area contributed by atoms with Gasteiger partial charge in [0, 0.05) is 12.0 Å². The van der Waals surface area contributed by atoms with Gasteiger partial charge in [-0.15, -0.1) is 5.73 Å². The molecule has 11 heavy (non-hydrogen) atoms. The highest BCUT2D eigenvalue weighted by molar-refractivity contribution is 5.42. The van der Waals surface area contributed by atoms with Crippen molar-refractivity contribution in [3.8, 4) is 0 Å². The number of hydrogen-bond acceptors (Lipinski definition) is 2. The lowest BCUT2D eigenvalue weighted by molar-refractivity contribution is 0.385. The van der Waals surface area contributed by atoms with Gasteiger partial charge in [0.2, 0.25) is 0 Å². The maximum atomic E-state index is 5.81. The van der Waals surface area contributed by atoms with Gasteiger partial charge < -0.3 is 11.5 Å². The Morgan fingerprint density at radius 1 is 1.45 bits per heavy atom. The minimum absolute atomic E-state index is 0.488. The molecule has 0 aromatic rings. The second-order valence-corrected chi connectivity index (χ2v) is 3.39. The first kappa shape index (κ1) is 6.86. The highest BCUT2D eigenvalue weighted by atomic mass is 15.0. The molecule has 2 nitrogen and oxygen atoms in total. The number of rotatable bonds is 0. The Hall–Kier alpha value is -0.820. The summed E-state index contributed by atoms with van der Waals surface area (Å²) in [6.45, 7) is 0. The van der Waals surface area contributed by atoms with Crippen molar-refractivity contribution >= 4 is 0 Å². The number of fused-ring (bicyclic) bond motifs is 1. The molecule has 0 spiro atoms. The predicted molar refractivity (Wildman–Crippen MR) is 44.6 cm³/mol. The zero-order valence-corrected chi connectivity index (χ0v) is 6.43. The SMILES string of the molecule is NC1(N)CCC2=CC=C=C2C1. The third kappa shape index (κ3) is 1.16. The van der Waals surface area contributed by atoms with Gasteiger partial charge in [0.25, 0.3) is 0 Å². The summed E-state index contributed by atoms with van der Waals surface area (Å²) in [6, 6.07) is 0. The van der Waals surface area contributed by atoms with E-state index in [-0.39, 0.29) is 0 Å². The molecule has 1 fully saturated rings. The van der Waals surface area contributed by atoms with E-state index in [1.165, 1.54) is 11.1 Å². The zero-order chi connectivity index (χ0) is 7.90. The van der Waals surface area contributed by atoms with E-state index in [2.05, 4.69) is 11.8 Å². The van der Waals surface area contributed by atoms with Gasteiger partial charge in [0.1, 0.15) is 0 Å². The van der Waals surface area contributed by atoms with Crippen LogP contribution in [-0.4, -0.2) is 5.66 Å². The first-order chi connectivity index (χ1) is 5.17. The van der Waals surface area contributed by atoms with Gasteiger partial charge >= 0.3 is 0 Å². The lowest BCUT2D eigenvalue weighted by Gasteiger charge is -2.30. The third-order valence-corrected chi connectivity index (χ3v) is 2.30. The number of allylic oxidation sites excluding steroid dienone is 2. The lowest BCUT2D eigenvalue weighted by Crippen LogP contribution is -2.51. The van der Waals surface area contributed by atoms with E-state index in [0.717, 1.165) is 19.3 Å². The highest BCUT2D eigenvalue weighted by Crippen LogP contribution is 2.32. The van der Waals surface area contributed by atoms with Gasteiger partial charge in [-0.05, 0) is 24.5 Å². The number of nitrogens with two attached hydrogens (primary N) is 2. The summed E-state index contributed by atoms with van der Waals surface area (Å²) in [5, 5.41) is 0. The molecule has 0 unspecified atom stereocenters. The summed E-state index contributed by atoms with van der Waals surface area (Å²) in [5.74, 6) is 0. The van der Waals surface area contributed by atoms with Crippen LogP contribution in [0.15, 0.2) is 29.0 Å². The van der Waals surface area contributed by atoms with E-state index in [4.69, 9.17) is 11.5 Å². The molecule has 0 bridgehead atoms. The Morgan fingerprint density at radius 3 is 3.09 bits per heavy atom. The molecule has 0 heterocycles. The fraction of sp³-hybridized carbons (Fsp3) is 0.444. The quantitative estimate of drug-likeness (QED) is 0.394. The Labute approximate surface area is 66.3 Å². The molecule has 58 valence electrons. The first-order valence-electron chi connectivity index (χ1n) is 3.90. The van der Waals surface area contributed by atoms with Crippen LogP contribution in [0.3, 0.4) is 0 Å². The van der Waals surface area contributed by atoms with Crippen molar-refractivity contribution in [2.45, 2.75) is 24.9 Å². The average molecular weight is 148 g/mol. The van der Waals surface area contributed by atoms with Gasteiger partial charge in [-0.25, -0.2) is 0 Å². The maximum absolute atomic E-state index is 5.81. The van der Waals surface area contributed by atoms with Crippen molar-refractivity contribution < 1.29 is 0 Å². The van der Waals surface area contributed by atoms with Crippen LogP contribution in [0.4, 0.5) is 0 Å². The van der Waals surface area contributed by atoms with E-state index < -0.39 is 5.66 Å². The fourth-order valence-corrected chi connectivity index (χ4v) is 1.62. The molecule has 4 N–H and O–H groups in total. The minimum Gasteiger partial charge on any atom is -0.313 e. The average Bonchev–Trinajstić information content (AvgIpc) is 2.31. The van der Waals surface area contributed by atoms with Crippen LogP contribution in [0.25, 0.3) is 0 Å². The molecule has 0 amide bonds. The van der Waals surface area contributed by atoms with E-state index in [1.54, 1.807) is 0 Å². The molecule has 0 atom stereocenters. The van der Waals surface area contributed by atoms with Crippen molar-refractivity contribution in [3.05, 3.63) is 29.0 Å². The van der Waals surface area contributed by atoms with Crippen LogP contribution in [0.2, 0.25) is 0 Å². The van der Waals surface area contributed by atoms with E-state index in [0.29, 0.717) is 0 Å². The molecule has 2 aliphatic rings. The summed E-state index contributed by atoms with van der Waals surface area (Å²) in [4.78, 5) is 0. The van der Waals surface area contributed by atoms with Gasteiger partial charge in [0.05, 0.1) is 5.66 Å². The van der Waals surface area contributed by atoms with E-state index in [1.807, 2.05) is 6.08 Å². The van der Waals surface area contributed by atoms with Crippen LogP contribution >= 0.6 is 0 Å². The van der Waals surface area contributed by atoms with Gasteiger partial charge in [-0.3, -0.25) is 0 Å². The first-order valence-corrected chi connectivity index (χ1v) is 3.90. The van der Waals surface area contributed by atoms with Crippen molar-refractivity contribution in [2.75, 3.05) is 0 Å². The molecule has 0 aromatic heterocycles. The molecule has 0 radical (unpaired) electrons. The Kier molecular flexibility index (Phi) is 1.30. The predicted octanol–water partition coefficient (Wildman–Crippen LogP) is 0.805. The maximum Gasteiger partial charge on any atom is 0.0687 e. The van der Waals surface area contributed by atoms with Crippen molar-refractivity contribution in [2.24, 2.45) is 11.5 Å². The second kappa shape index (κ2) is 2.08. The van der Waals surface area contributed by atoms with Crippen LogP contribution in [0.1, 0.15) is 19.3 Å². The normalized spacial score (nSPS) is 26.0. The molecule has 0 saturated heterocycles. The van der Waals surface area contributed by atoms with Crippen molar-refractivity contribution in [1.82, 2.24) is 0 Å². The monoisotopic (exact) mass is 148 g/mol. The minimum atomic E-state index is -0.488. The summed E-state index contributed by atoms with van der Waals surface area (Å²) in [5.41, 5.74) is 16.9. The fourth-order valence-electron chi connectivity index (χ4n) is 1.62. The topological polar surface area (TPSA) is 52.0 Å². The zero-order valence-electron chi connectivity index (χ0n) is 6.43. The molecular weight excluding hydrogens is 136 g/mol. The standard InChI is InChI=1S/C9H12N2/c10-9(11)5-4-7-2-1-3-8(7)6-9/h1-2H,4-6,10-11H2. The molecule has 2 heteroatoms. The Morgan fingerprint density at radius 2 is 2.27 bits per heavy atom. The Bertz CT molecular complexity index is 278. The van der Waals surface area contributed by atoms with Gasteiger partial charge in [0.15, 0.2) is 0 Å². The molecular formula is C9H12N2.